The third kappa shape index (κ3) is 3.36. The molecule has 2 aliphatic heterocycles. The van der Waals surface area contributed by atoms with E-state index in [-0.39, 0.29) is 29.3 Å². The molecule has 0 radical (unpaired) electrons. The number of amides is 2. The highest BCUT2D eigenvalue weighted by Crippen LogP contribution is 2.28. The monoisotopic (exact) mass is 368 g/mol. The molecule has 0 aromatic carbocycles. The maximum Gasteiger partial charge on any atom is 0.247 e. The van der Waals surface area contributed by atoms with E-state index in [1.807, 2.05) is 0 Å². The number of hydrogen-bond donors (Lipinski definition) is 0. The first-order valence-electron chi connectivity index (χ1n) is 7.28. The van der Waals surface area contributed by atoms with Crippen molar-refractivity contribution in [3.63, 3.8) is 0 Å². The molecule has 0 aromatic rings. The molecule has 2 fully saturated rings. The Kier molecular flexibility index (Phi) is 5.44. The van der Waals surface area contributed by atoms with E-state index in [4.69, 9.17) is 0 Å². The first kappa shape index (κ1) is 18.6. The van der Waals surface area contributed by atoms with E-state index < -0.39 is 15.5 Å². The van der Waals surface area contributed by atoms with Crippen LogP contribution in [0, 0.1) is 0 Å². The minimum atomic E-state index is -1.63. The molecule has 2 saturated heterocycles. The topological polar surface area (TPSA) is 82.4 Å². The molecule has 2 heterocycles. The molecule has 0 bridgehead atoms. The average molecular weight is 368 g/mol. The van der Waals surface area contributed by atoms with Crippen LogP contribution in [0.4, 0.5) is 0 Å². The lowest BCUT2D eigenvalue weighted by atomic mass is 10.2. The number of carbonyl (C=O) groups excluding carboxylic acids is 2. The van der Waals surface area contributed by atoms with Crippen LogP contribution in [0.15, 0.2) is 35.0 Å². The van der Waals surface area contributed by atoms with Gasteiger partial charge in [0.05, 0.1) is 5.75 Å². The van der Waals surface area contributed by atoms with Gasteiger partial charge in [-0.15, -0.1) is 16.8 Å². The van der Waals surface area contributed by atoms with Crippen LogP contribution in [0.25, 0.3) is 0 Å². The van der Waals surface area contributed by atoms with Crippen molar-refractivity contribution in [1.29, 1.82) is 0 Å². The van der Waals surface area contributed by atoms with Crippen LogP contribution in [0.2, 0.25) is 0 Å². The van der Waals surface area contributed by atoms with Crippen molar-refractivity contribution in [3.8, 4) is 0 Å². The zero-order valence-corrected chi connectivity index (χ0v) is 15.6. The standard InChI is InChI=1S/C15H20N4O3S2/c1-6-7-18-11(20)9-23-13(18)16-17-14-19(8-10(2)3)12(21)15(4,5)24(14)22/h6H,1-2,7-9H2,3-5H3. The van der Waals surface area contributed by atoms with Crippen LogP contribution >= 0.6 is 11.8 Å². The summed E-state index contributed by atoms with van der Waals surface area (Å²) >= 11 is 1.25. The van der Waals surface area contributed by atoms with Crippen molar-refractivity contribution in [2.24, 2.45) is 10.2 Å². The van der Waals surface area contributed by atoms with Crippen LogP contribution in [0.5, 0.6) is 0 Å². The number of nitrogens with zero attached hydrogens (tertiary/aromatic N) is 4. The van der Waals surface area contributed by atoms with Gasteiger partial charge in [0, 0.05) is 13.1 Å². The lowest BCUT2D eigenvalue weighted by Gasteiger charge is -2.16. The Labute approximate surface area is 148 Å². The van der Waals surface area contributed by atoms with Gasteiger partial charge in [0.2, 0.25) is 17.0 Å². The van der Waals surface area contributed by atoms with Gasteiger partial charge in [-0.25, -0.2) is 0 Å². The Morgan fingerprint density at radius 1 is 1.38 bits per heavy atom. The minimum absolute atomic E-state index is 0.0819. The summed E-state index contributed by atoms with van der Waals surface area (Å²) in [6.07, 6.45) is 1.60. The van der Waals surface area contributed by atoms with E-state index in [0.29, 0.717) is 11.7 Å². The van der Waals surface area contributed by atoms with Crippen molar-refractivity contribution in [2.45, 2.75) is 25.5 Å². The smallest absolute Gasteiger partial charge is 0.247 e. The van der Waals surface area contributed by atoms with Crippen molar-refractivity contribution < 1.29 is 13.8 Å². The zero-order valence-electron chi connectivity index (χ0n) is 13.9. The van der Waals surface area contributed by atoms with Gasteiger partial charge in [-0.2, -0.15) is 0 Å². The molecule has 2 amide bonds. The fourth-order valence-corrected chi connectivity index (χ4v) is 4.21. The molecule has 0 aromatic heterocycles. The summed E-state index contributed by atoms with van der Waals surface area (Å²) in [6.45, 7) is 13.0. The maximum atomic E-state index is 12.6. The Hall–Kier alpha value is -1.74. The summed E-state index contributed by atoms with van der Waals surface area (Å²) < 4.78 is 11.6. The maximum absolute atomic E-state index is 12.6. The lowest BCUT2D eigenvalue weighted by molar-refractivity contribution is -0.128. The molecule has 1 unspecified atom stereocenters. The average Bonchev–Trinajstić information content (AvgIpc) is 2.92. The second kappa shape index (κ2) is 7.02. The Bertz CT molecular complexity index is 697. The molecule has 2 aliphatic rings. The molecule has 9 heteroatoms. The number of rotatable bonds is 5. The minimum Gasteiger partial charge on any atom is -0.285 e. The van der Waals surface area contributed by atoms with Crippen LogP contribution in [-0.4, -0.2) is 59.7 Å². The second-order valence-electron chi connectivity index (χ2n) is 5.97. The van der Waals surface area contributed by atoms with Gasteiger partial charge in [-0.05, 0) is 20.8 Å². The highest BCUT2D eigenvalue weighted by atomic mass is 32.2. The predicted octanol–water partition coefficient (Wildman–Crippen LogP) is 1.32. The highest BCUT2D eigenvalue weighted by Gasteiger charge is 2.50. The Morgan fingerprint density at radius 2 is 2.04 bits per heavy atom. The van der Waals surface area contributed by atoms with Crippen LogP contribution in [-0.2, 0) is 20.4 Å². The third-order valence-corrected chi connectivity index (χ3v) is 6.12. The molecule has 24 heavy (non-hydrogen) atoms. The summed E-state index contributed by atoms with van der Waals surface area (Å²) in [5.41, 5.74) is 0.747. The first-order valence-corrected chi connectivity index (χ1v) is 9.41. The quantitative estimate of drug-likeness (QED) is 0.541. The van der Waals surface area contributed by atoms with Gasteiger partial charge in [0.25, 0.3) is 0 Å². The van der Waals surface area contributed by atoms with E-state index in [1.165, 1.54) is 21.6 Å². The summed E-state index contributed by atoms with van der Waals surface area (Å²) in [7, 11) is -1.63. The van der Waals surface area contributed by atoms with E-state index in [1.54, 1.807) is 26.8 Å². The number of carbonyl (C=O) groups is 2. The zero-order chi connectivity index (χ0) is 18.1. The van der Waals surface area contributed by atoms with E-state index in [0.717, 1.165) is 5.57 Å². The molecule has 0 saturated carbocycles. The summed E-state index contributed by atoms with van der Waals surface area (Å²) in [5, 5.41) is 8.64. The normalized spacial score (nSPS) is 26.7. The fourth-order valence-electron chi connectivity index (χ4n) is 2.19. The SMILES string of the molecule is C=CCN1C(=O)CSC1=NN=C1N(CC(=C)C)C(=O)C(C)(C)S1=O. The van der Waals surface area contributed by atoms with Gasteiger partial charge in [-0.3, -0.25) is 23.6 Å². The highest BCUT2D eigenvalue weighted by molar-refractivity contribution is 8.15. The molecule has 1 atom stereocenters. The van der Waals surface area contributed by atoms with Crippen LogP contribution in [0.1, 0.15) is 20.8 Å². The lowest BCUT2D eigenvalue weighted by Crippen LogP contribution is -2.37. The van der Waals surface area contributed by atoms with Crippen molar-refractivity contribution in [2.75, 3.05) is 18.8 Å². The number of thioether (sulfide) groups is 1. The van der Waals surface area contributed by atoms with Gasteiger partial charge in [0.15, 0.2) is 5.17 Å². The van der Waals surface area contributed by atoms with Gasteiger partial charge in [-0.1, -0.05) is 30.0 Å². The number of amidine groups is 2. The van der Waals surface area contributed by atoms with Crippen molar-refractivity contribution in [1.82, 2.24) is 9.80 Å². The molecular weight excluding hydrogens is 348 g/mol. The molecule has 0 N–H and O–H groups in total. The van der Waals surface area contributed by atoms with Crippen LogP contribution in [0.3, 0.4) is 0 Å². The van der Waals surface area contributed by atoms with Gasteiger partial charge >= 0.3 is 0 Å². The van der Waals surface area contributed by atoms with E-state index in [2.05, 4.69) is 23.4 Å². The fraction of sp³-hybridized carbons (Fsp3) is 0.467. The largest absolute Gasteiger partial charge is 0.285 e. The van der Waals surface area contributed by atoms with E-state index >= 15 is 0 Å². The van der Waals surface area contributed by atoms with Gasteiger partial charge < -0.3 is 0 Å². The second-order valence-corrected chi connectivity index (χ2v) is 8.84. The Morgan fingerprint density at radius 3 is 2.62 bits per heavy atom. The Balaban J connectivity index is 2.38. The van der Waals surface area contributed by atoms with Gasteiger partial charge in [0.1, 0.15) is 15.5 Å². The third-order valence-electron chi connectivity index (χ3n) is 3.44. The predicted molar refractivity (Wildman–Crippen MR) is 98.0 cm³/mol. The molecular formula is C15H20N4O3S2. The van der Waals surface area contributed by atoms with Crippen molar-refractivity contribution in [3.05, 3.63) is 24.8 Å². The summed E-state index contributed by atoms with van der Waals surface area (Å²) in [6, 6.07) is 0. The van der Waals surface area contributed by atoms with Crippen LogP contribution < -0.4 is 0 Å². The molecule has 0 aliphatic carbocycles. The molecule has 7 nitrogen and oxygen atoms in total. The molecule has 0 spiro atoms. The van der Waals surface area contributed by atoms with Crippen molar-refractivity contribution >= 4 is 44.7 Å². The number of hydrogen-bond acceptors (Lipinski definition) is 6. The molecule has 130 valence electrons. The summed E-state index contributed by atoms with van der Waals surface area (Å²) in [4.78, 5) is 27.1. The summed E-state index contributed by atoms with van der Waals surface area (Å²) in [5.74, 6) is -0.0805. The first-order chi connectivity index (χ1) is 11.2. The molecule has 2 rings (SSSR count). The van der Waals surface area contributed by atoms with E-state index in [9.17, 15) is 13.8 Å².